The summed E-state index contributed by atoms with van der Waals surface area (Å²) in [4.78, 5) is 36.4. The predicted octanol–water partition coefficient (Wildman–Crippen LogP) is 4.85. The molecule has 0 bridgehead atoms. The van der Waals surface area contributed by atoms with Gasteiger partial charge in [0.15, 0.2) is 10.9 Å². The molecule has 5 aliphatic rings. The van der Waals surface area contributed by atoms with E-state index in [1.165, 1.54) is 17.3 Å². The van der Waals surface area contributed by atoms with Crippen molar-refractivity contribution in [2.24, 2.45) is 28.6 Å². The van der Waals surface area contributed by atoms with E-state index >= 15 is 0 Å². The number of carbonyl (C=O) groups is 3. The number of fused-ring (bicyclic) bond motifs is 6. The second-order valence-electron chi connectivity index (χ2n) is 10.6. The van der Waals surface area contributed by atoms with Crippen LogP contribution in [0, 0.1) is 28.6 Å². The minimum atomic E-state index is -0.243. The number of ketones is 1. The molecule has 1 spiro atoms. The summed E-state index contributed by atoms with van der Waals surface area (Å²) < 4.78 is 6.04. The molecular formula is C24H32O4S. The zero-order valence-electron chi connectivity index (χ0n) is 17.8. The van der Waals surface area contributed by atoms with E-state index in [-0.39, 0.29) is 38.5 Å². The van der Waals surface area contributed by atoms with Crippen LogP contribution >= 0.6 is 11.8 Å². The van der Waals surface area contributed by atoms with Crippen LogP contribution in [0.2, 0.25) is 0 Å². The summed E-state index contributed by atoms with van der Waals surface area (Å²) in [6, 6.07) is 0. The van der Waals surface area contributed by atoms with Gasteiger partial charge in [0.1, 0.15) is 5.60 Å². The first-order valence-electron chi connectivity index (χ1n) is 11.3. The molecule has 4 nitrogen and oxygen atoms in total. The molecule has 1 saturated heterocycles. The third kappa shape index (κ3) is 2.61. The monoisotopic (exact) mass is 416 g/mol. The number of allylic oxidation sites excluding steroid dienone is 1. The summed E-state index contributed by atoms with van der Waals surface area (Å²) in [5.41, 5.74) is 1.05. The van der Waals surface area contributed by atoms with Crippen LogP contribution in [0.5, 0.6) is 0 Å². The lowest BCUT2D eigenvalue weighted by molar-refractivity contribution is -0.167. The Kier molecular flexibility index (Phi) is 4.41. The molecule has 4 unspecified atom stereocenters. The van der Waals surface area contributed by atoms with E-state index in [1.807, 2.05) is 6.08 Å². The summed E-state index contributed by atoms with van der Waals surface area (Å²) in [6.07, 6.45) is 10.3. The van der Waals surface area contributed by atoms with Crippen LogP contribution in [-0.4, -0.2) is 27.7 Å². The van der Waals surface area contributed by atoms with E-state index in [0.29, 0.717) is 30.6 Å². The zero-order valence-corrected chi connectivity index (χ0v) is 18.6. The van der Waals surface area contributed by atoms with Gasteiger partial charge in [-0.1, -0.05) is 31.2 Å². The maximum atomic E-state index is 12.4. The lowest BCUT2D eigenvalue weighted by Gasteiger charge is -2.60. The smallest absolute Gasteiger partial charge is 0.306 e. The van der Waals surface area contributed by atoms with Crippen molar-refractivity contribution in [3.8, 4) is 0 Å². The molecule has 0 aromatic carbocycles. The molecule has 29 heavy (non-hydrogen) atoms. The van der Waals surface area contributed by atoms with Crippen molar-refractivity contribution < 1.29 is 19.1 Å². The van der Waals surface area contributed by atoms with Crippen LogP contribution < -0.4 is 0 Å². The highest BCUT2D eigenvalue weighted by Gasteiger charge is 2.67. The summed E-state index contributed by atoms with van der Waals surface area (Å²) in [6.45, 7) is 6.36. The maximum absolute atomic E-state index is 12.4. The van der Waals surface area contributed by atoms with Gasteiger partial charge in [0.05, 0.1) is 0 Å². The van der Waals surface area contributed by atoms with Gasteiger partial charge in [-0.25, -0.2) is 0 Å². The molecular weight excluding hydrogens is 384 g/mol. The number of hydrogen-bond acceptors (Lipinski definition) is 5. The SMILES string of the molecule is CC(=O)SC1CC(=O)C=C2CCC3C4CCC5(CCC(=O)O5)[C@]4(C)CC[C@@H]3[C@@]21C. The van der Waals surface area contributed by atoms with Crippen LogP contribution in [0.15, 0.2) is 11.6 Å². The number of thioether (sulfide) groups is 1. The molecule has 3 saturated carbocycles. The normalized spacial score (nSPS) is 48.6. The average Bonchev–Trinajstić information content (AvgIpc) is 3.17. The highest BCUT2D eigenvalue weighted by atomic mass is 32.2. The molecule has 1 aliphatic heterocycles. The quantitative estimate of drug-likeness (QED) is 0.572. The molecule has 5 rings (SSSR count). The van der Waals surface area contributed by atoms with Gasteiger partial charge in [-0.2, -0.15) is 0 Å². The standard InChI is InChI=1S/C24H32O4S/c1-14(25)29-20-13-16(26)12-15-4-5-17-18-7-10-24(11-8-21(27)28-24)22(18,2)9-6-19(17)23(15,20)3/h12,17-20H,4-11,13H2,1-3H3/t17?,18?,19-,20?,22+,23+,24?/m0/s1. The van der Waals surface area contributed by atoms with Gasteiger partial charge in [0.2, 0.25) is 0 Å². The fraction of sp³-hybridized carbons (Fsp3) is 0.792. The Bertz CT molecular complexity index is 818. The van der Waals surface area contributed by atoms with Crippen LogP contribution in [-0.2, 0) is 19.1 Å². The van der Waals surface area contributed by atoms with Gasteiger partial charge < -0.3 is 4.74 Å². The molecule has 1 heterocycles. The van der Waals surface area contributed by atoms with Crippen molar-refractivity contribution in [3.05, 3.63) is 11.6 Å². The van der Waals surface area contributed by atoms with Crippen LogP contribution in [0.25, 0.3) is 0 Å². The first kappa shape index (κ1) is 19.8. The van der Waals surface area contributed by atoms with Gasteiger partial charge in [-0.15, -0.1) is 0 Å². The second-order valence-corrected chi connectivity index (χ2v) is 12.0. The fourth-order valence-electron chi connectivity index (χ4n) is 8.24. The minimum Gasteiger partial charge on any atom is -0.458 e. The molecule has 0 amide bonds. The molecule has 7 atom stereocenters. The number of ether oxygens (including phenoxy) is 1. The number of carbonyl (C=O) groups excluding carboxylic acids is 3. The van der Waals surface area contributed by atoms with Crippen LogP contribution in [0.1, 0.15) is 78.6 Å². The highest BCUT2D eigenvalue weighted by Crippen LogP contribution is 2.70. The Hall–Kier alpha value is -1.10. The highest BCUT2D eigenvalue weighted by molar-refractivity contribution is 8.14. The fourth-order valence-corrected chi connectivity index (χ4v) is 9.46. The largest absolute Gasteiger partial charge is 0.458 e. The third-order valence-electron chi connectivity index (χ3n) is 9.68. The second kappa shape index (κ2) is 6.45. The Morgan fingerprint density at radius 2 is 1.83 bits per heavy atom. The van der Waals surface area contributed by atoms with E-state index in [2.05, 4.69) is 13.8 Å². The van der Waals surface area contributed by atoms with Crippen molar-refractivity contribution >= 4 is 28.6 Å². The summed E-state index contributed by atoms with van der Waals surface area (Å²) in [7, 11) is 0. The molecule has 4 fully saturated rings. The van der Waals surface area contributed by atoms with Gasteiger partial charge in [0, 0.05) is 35.8 Å². The van der Waals surface area contributed by atoms with Crippen LogP contribution in [0.4, 0.5) is 0 Å². The van der Waals surface area contributed by atoms with Crippen molar-refractivity contribution in [1.29, 1.82) is 0 Å². The van der Waals surface area contributed by atoms with Gasteiger partial charge in [-0.3, -0.25) is 14.4 Å². The first-order chi connectivity index (χ1) is 13.7. The van der Waals surface area contributed by atoms with Gasteiger partial charge in [0.25, 0.3) is 0 Å². The Morgan fingerprint density at radius 1 is 1.07 bits per heavy atom. The lowest BCUT2D eigenvalue weighted by atomic mass is 9.46. The summed E-state index contributed by atoms with van der Waals surface area (Å²) >= 11 is 1.39. The molecule has 0 aromatic rings. The third-order valence-corrected chi connectivity index (χ3v) is 10.9. The van der Waals surface area contributed by atoms with E-state index < -0.39 is 0 Å². The zero-order chi connectivity index (χ0) is 20.6. The van der Waals surface area contributed by atoms with E-state index in [9.17, 15) is 14.4 Å². The summed E-state index contributed by atoms with van der Waals surface area (Å²) in [5.74, 6) is 1.85. The van der Waals surface area contributed by atoms with E-state index in [0.717, 1.165) is 44.9 Å². The van der Waals surface area contributed by atoms with Crippen molar-refractivity contribution in [2.45, 2.75) is 89.4 Å². The van der Waals surface area contributed by atoms with E-state index in [4.69, 9.17) is 4.74 Å². The van der Waals surface area contributed by atoms with Crippen molar-refractivity contribution in [3.63, 3.8) is 0 Å². The number of esters is 1. The lowest BCUT2D eigenvalue weighted by Crippen LogP contribution is -2.57. The molecule has 158 valence electrons. The molecule has 0 N–H and O–H groups in total. The maximum Gasteiger partial charge on any atom is 0.306 e. The van der Waals surface area contributed by atoms with Crippen molar-refractivity contribution in [1.82, 2.24) is 0 Å². The molecule has 0 aromatic heterocycles. The number of rotatable bonds is 1. The Labute approximate surface area is 177 Å². The molecule has 0 radical (unpaired) electrons. The topological polar surface area (TPSA) is 60.4 Å². The van der Waals surface area contributed by atoms with Gasteiger partial charge >= 0.3 is 5.97 Å². The predicted molar refractivity (Wildman–Crippen MR) is 112 cm³/mol. The number of hydrogen-bond donors (Lipinski definition) is 0. The average molecular weight is 417 g/mol. The Morgan fingerprint density at radius 3 is 2.52 bits per heavy atom. The Balaban J connectivity index is 1.50. The van der Waals surface area contributed by atoms with Crippen molar-refractivity contribution in [2.75, 3.05) is 0 Å². The van der Waals surface area contributed by atoms with Gasteiger partial charge in [-0.05, 0) is 68.8 Å². The minimum absolute atomic E-state index is 0.0152. The van der Waals surface area contributed by atoms with Crippen LogP contribution in [0.3, 0.4) is 0 Å². The first-order valence-corrected chi connectivity index (χ1v) is 12.2. The summed E-state index contributed by atoms with van der Waals surface area (Å²) in [5, 5.41) is 0.176. The van der Waals surface area contributed by atoms with E-state index in [1.54, 1.807) is 6.92 Å². The molecule has 4 aliphatic carbocycles. The molecule has 5 heteroatoms.